The first-order chi connectivity index (χ1) is 10.0. The van der Waals surface area contributed by atoms with Gasteiger partial charge in [-0.15, -0.1) is 11.3 Å². The molecule has 3 rings (SSSR count). The predicted molar refractivity (Wildman–Crippen MR) is 85.4 cm³/mol. The zero-order valence-corrected chi connectivity index (χ0v) is 12.7. The van der Waals surface area contributed by atoms with E-state index in [-0.39, 0.29) is 5.91 Å². The highest BCUT2D eigenvalue weighted by molar-refractivity contribution is 7.21. The van der Waals surface area contributed by atoms with Gasteiger partial charge in [-0.25, -0.2) is 0 Å². The normalized spacial score (nSPS) is 11.0. The molecule has 0 atom stereocenters. The summed E-state index contributed by atoms with van der Waals surface area (Å²) in [7, 11) is 1.84. The number of anilines is 1. The highest BCUT2D eigenvalue weighted by Crippen LogP contribution is 2.34. The maximum Gasteiger partial charge on any atom is 0.263 e. The van der Waals surface area contributed by atoms with Gasteiger partial charge in [0.05, 0.1) is 17.9 Å². The van der Waals surface area contributed by atoms with E-state index in [1.807, 2.05) is 44.4 Å². The van der Waals surface area contributed by atoms with Crippen molar-refractivity contribution < 1.29 is 4.79 Å². The molecule has 0 aliphatic heterocycles. The standard InChI is InChI=1S/C15H16N4OS/c1-9-3-4-11-12(7-9)21-14(13(11)16)15(20)17-8-10-5-6-19(2)18-10/h3-7H,8,16H2,1-2H3,(H,17,20). The molecular weight excluding hydrogens is 284 g/mol. The first-order valence-corrected chi connectivity index (χ1v) is 7.41. The molecule has 3 aromatic rings. The van der Waals surface area contributed by atoms with Crippen LogP contribution in [0.3, 0.4) is 0 Å². The number of nitrogen functional groups attached to an aromatic ring is 1. The molecule has 21 heavy (non-hydrogen) atoms. The molecule has 0 unspecified atom stereocenters. The monoisotopic (exact) mass is 300 g/mol. The van der Waals surface area contributed by atoms with Gasteiger partial charge in [-0.3, -0.25) is 9.48 Å². The van der Waals surface area contributed by atoms with Crippen LogP contribution in [0.1, 0.15) is 20.9 Å². The lowest BCUT2D eigenvalue weighted by Gasteiger charge is -2.02. The zero-order chi connectivity index (χ0) is 15.0. The quantitative estimate of drug-likeness (QED) is 0.780. The maximum absolute atomic E-state index is 12.3. The van der Waals surface area contributed by atoms with Crippen LogP contribution in [0.25, 0.3) is 10.1 Å². The Labute approximate surface area is 126 Å². The van der Waals surface area contributed by atoms with E-state index in [2.05, 4.69) is 10.4 Å². The molecule has 5 nitrogen and oxygen atoms in total. The van der Waals surface area contributed by atoms with Gasteiger partial charge in [0.25, 0.3) is 5.91 Å². The summed E-state index contributed by atoms with van der Waals surface area (Å²) >= 11 is 1.42. The van der Waals surface area contributed by atoms with Gasteiger partial charge < -0.3 is 11.1 Å². The Hall–Kier alpha value is -2.34. The van der Waals surface area contributed by atoms with Crippen molar-refractivity contribution in [2.75, 3.05) is 5.73 Å². The van der Waals surface area contributed by atoms with E-state index in [0.29, 0.717) is 17.1 Å². The number of benzene rings is 1. The summed E-state index contributed by atoms with van der Waals surface area (Å²) in [4.78, 5) is 12.8. The Kier molecular flexibility index (Phi) is 3.39. The van der Waals surface area contributed by atoms with Crippen LogP contribution < -0.4 is 11.1 Å². The molecule has 3 N–H and O–H groups in total. The molecule has 2 aromatic heterocycles. The van der Waals surface area contributed by atoms with Crippen molar-refractivity contribution in [2.45, 2.75) is 13.5 Å². The summed E-state index contributed by atoms with van der Waals surface area (Å²) < 4.78 is 2.74. The van der Waals surface area contributed by atoms with Gasteiger partial charge in [0.2, 0.25) is 0 Å². The number of rotatable bonds is 3. The van der Waals surface area contributed by atoms with Crippen LogP contribution >= 0.6 is 11.3 Å². The highest BCUT2D eigenvalue weighted by Gasteiger charge is 2.16. The summed E-state index contributed by atoms with van der Waals surface area (Å²) in [6.45, 7) is 2.42. The van der Waals surface area contributed by atoms with Gasteiger partial charge in [-0.1, -0.05) is 12.1 Å². The van der Waals surface area contributed by atoms with E-state index < -0.39 is 0 Å². The number of fused-ring (bicyclic) bond motifs is 1. The fourth-order valence-electron chi connectivity index (χ4n) is 2.20. The molecule has 1 aromatic carbocycles. The average molecular weight is 300 g/mol. The van der Waals surface area contributed by atoms with Crippen molar-refractivity contribution >= 4 is 33.0 Å². The molecule has 0 aliphatic carbocycles. The van der Waals surface area contributed by atoms with Crippen LogP contribution in [-0.4, -0.2) is 15.7 Å². The van der Waals surface area contributed by atoms with Crippen molar-refractivity contribution in [3.8, 4) is 0 Å². The predicted octanol–water partition coefficient (Wildman–Crippen LogP) is 2.46. The number of nitrogens with zero attached hydrogens (tertiary/aromatic N) is 2. The van der Waals surface area contributed by atoms with Crippen LogP contribution in [0.15, 0.2) is 30.5 Å². The summed E-state index contributed by atoms with van der Waals surface area (Å²) in [6, 6.07) is 7.89. The number of thiophene rings is 1. The molecule has 0 bridgehead atoms. The van der Waals surface area contributed by atoms with Crippen molar-refractivity contribution in [2.24, 2.45) is 7.05 Å². The minimum atomic E-state index is -0.156. The van der Waals surface area contributed by atoms with E-state index in [9.17, 15) is 4.79 Å². The van der Waals surface area contributed by atoms with Gasteiger partial charge in [0, 0.05) is 23.3 Å². The van der Waals surface area contributed by atoms with Gasteiger partial charge in [-0.2, -0.15) is 5.10 Å². The molecular formula is C15H16N4OS. The number of nitrogens with two attached hydrogens (primary N) is 1. The Bertz CT molecular complexity index is 818. The number of aromatic nitrogens is 2. The van der Waals surface area contributed by atoms with Crippen LogP contribution in [0.4, 0.5) is 5.69 Å². The Morgan fingerprint density at radius 3 is 2.95 bits per heavy atom. The molecule has 0 saturated heterocycles. The average Bonchev–Trinajstić information content (AvgIpc) is 3.00. The van der Waals surface area contributed by atoms with E-state index in [1.54, 1.807) is 4.68 Å². The number of amides is 1. The largest absolute Gasteiger partial charge is 0.397 e. The topological polar surface area (TPSA) is 72.9 Å². The molecule has 0 fully saturated rings. The minimum Gasteiger partial charge on any atom is -0.397 e. The smallest absolute Gasteiger partial charge is 0.263 e. The number of hydrogen-bond acceptors (Lipinski definition) is 4. The number of aryl methyl sites for hydroxylation is 2. The first kappa shape index (κ1) is 13.6. The van der Waals surface area contributed by atoms with Crippen LogP contribution in [0, 0.1) is 6.92 Å². The number of nitrogens with one attached hydrogen (secondary N) is 1. The molecule has 0 aliphatic rings. The van der Waals surface area contributed by atoms with Gasteiger partial charge in [-0.05, 0) is 24.6 Å². The Morgan fingerprint density at radius 2 is 2.24 bits per heavy atom. The molecule has 108 valence electrons. The highest BCUT2D eigenvalue weighted by atomic mass is 32.1. The fraction of sp³-hybridized carbons (Fsp3) is 0.200. The molecule has 0 spiro atoms. The SMILES string of the molecule is Cc1ccc2c(N)c(C(=O)NCc3ccn(C)n3)sc2c1. The van der Waals surface area contributed by atoms with Crippen molar-refractivity contribution in [1.82, 2.24) is 15.1 Å². The third-order valence-corrected chi connectivity index (χ3v) is 4.46. The van der Waals surface area contributed by atoms with Crippen molar-refractivity contribution in [3.05, 3.63) is 46.6 Å². The third-order valence-electron chi connectivity index (χ3n) is 3.29. The van der Waals surface area contributed by atoms with E-state index in [4.69, 9.17) is 5.73 Å². The van der Waals surface area contributed by atoms with Crippen LogP contribution in [0.2, 0.25) is 0 Å². The van der Waals surface area contributed by atoms with Crippen LogP contribution in [-0.2, 0) is 13.6 Å². The summed E-state index contributed by atoms with van der Waals surface area (Å²) in [5.41, 5.74) is 8.62. The minimum absolute atomic E-state index is 0.156. The second-order valence-corrected chi connectivity index (χ2v) is 6.06. The van der Waals surface area contributed by atoms with Gasteiger partial charge >= 0.3 is 0 Å². The van der Waals surface area contributed by atoms with E-state index in [0.717, 1.165) is 21.3 Å². The molecule has 6 heteroatoms. The number of hydrogen-bond donors (Lipinski definition) is 2. The van der Waals surface area contributed by atoms with Crippen molar-refractivity contribution in [3.63, 3.8) is 0 Å². The number of carbonyl (C=O) groups is 1. The van der Waals surface area contributed by atoms with E-state index >= 15 is 0 Å². The van der Waals surface area contributed by atoms with Crippen molar-refractivity contribution in [1.29, 1.82) is 0 Å². The zero-order valence-electron chi connectivity index (χ0n) is 11.9. The molecule has 1 amide bonds. The Balaban J connectivity index is 1.82. The van der Waals surface area contributed by atoms with E-state index in [1.165, 1.54) is 11.3 Å². The summed E-state index contributed by atoms with van der Waals surface area (Å²) in [5, 5.41) is 8.03. The second-order valence-electron chi connectivity index (χ2n) is 5.01. The summed E-state index contributed by atoms with van der Waals surface area (Å²) in [5.74, 6) is -0.156. The summed E-state index contributed by atoms with van der Waals surface area (Å²) in [6.07, 6.45) is 1.85. The lowest BCUT2D eigenvalue weighted by Crippen LogP contribution is -2.23. The molecule has 0 radical (unpaired) electrons. The maximum atomic E-state index is 12.3. The first-order valence-electron chi connectivity index (χ1n) is 6.60. The third kappa shape index (κ3) is 2.62. The molecule has 0 saturated carbocycles. The lowest BCUT2D eigenvalue weighted by atomic mass is 10.1. The van der Waals surface area contributed by atoms with Gasteiger partial charge in [0.1, 0.15) is 4.88 Å². The molecule has 2 heterocycles. The van der Waals surface area contributed by atoms with Crippen LogP contribution in [0.5, 0.6) is 0 Å². The Morgan fingerprint density at radius 1 is 1.43 bits per heavy atom. The number of carbonyl (C=O) groups excluding carboxylic acids is 1. The lowest BCUT2D eigenvalue weighted by molar-refractivity contribution is 0.0955. The van der Waals surface area contributed by atoms with Gasteiger partial charge in [0.15, 0.2) is 0 Å². The fourth-order valence-corrected chi connectivity index (χ4v) is 3.34. The second kappa shape index (κ2) is 5.21.